The van der Waals surface area contributed by atoms with E-state index in [1.165, 1.54) is 11.1 Å². The predicted molar refractivity (Wildman–Crippen MR) is 96.7 cm³/mol. The highest BCUT2D eigenvalue weighted by Crippen LogP contribution is 2.16. The lowest BCUT2D eigenvalue weighted by Crippen LogP contribution is -2.10. The molecule has 1 aromatic carbocycles. The minimum absolute atomic E-state index is 0.0949. The molecule has 23 heavy (non-hydrogen) atoms. The van der Waals surface area contributed by atoms with Gasteiger partial charge in [0.25, 0.3) is 0 Å². The molecule has 2 heteroatoms. The second-order valence-electron chi connectivity index (χ2n) is 7.31. The third kappa shape index (κ3) is 7.58. The minimum atomic E-state index is 0.0949. The number of hydrogen-bond donors (Lipinski definition) is 0. The normalized spacial score (nSPS) is 11.3. The highest BCUT2D eigenvalue weighted by molar-refractivity contribution is 5.82. The molecule has 0 radical (unpaired) electrons. The number of Topliss-reactive ketones (excluding diaryl/α,β-unsaturated/α-hetero) is 2. The summed E-state index contributed by atoms with van der Waals surface area (Å²) in [6.07, 6.45) is 5.45. The van der Waals surface area contributed by atoms with Crippen LogP contribution < -0.4 is 0 Å². The van der Waals surface area contributed by atoms with Crippen molar-refractivity contribution in [2.45, 2.75) is 73.1 Å². The summed E-state index contributed by atoms with van der Waals surface area (Å²) in [4.78, 5) is 23.5. The van der Waals surface area contributed by atoms with Crippen molar-refractivity contribution in [2.24, 2.45) is 11.8 Å². The van der Waals surface area contributed by atoms with Crippen LogP contribution in [0.2, 0.25) is 0 Å². The number of unbranched alkanes of at least 4 members (excludes halogenated alkanes) is 2. The predicted octanol–water partition coefficient (Wildman–Crippen LogP) is 5.09. The first-order valence-corrected chi connectivity index (χ1v) is 8.94. The number of carbonyl (C=O) groups is 2. The van der Waals surface area contributed by atoms with Crippen molar-refractivity contribution < 1.29 is 9.59 Å². The van der Waals surface area contributed by atoms with Crippen molar-refractivity contribution >= 4 is 11.6 Å². The minimum Gasteiger partial charge on any atom is -0.299 e. The zero-order valence-corrected chi connectivity index (χ0v) is 15.4. The van der Waals surface area contributed by atoms with Crippen LogP contribution in [0.25, 0.3) is 0 Å². The lowest BCUT2D eigenvalue weighted by Gasteiger charge is -2.09. The van der Waals surface area contributed by atoms with Gasteiger partial charge in [0.15, 0.2) is 0 Å². The molecule has 0 aromatic heterocycles. The first-order chi connectivity index (χ1) is 10.8. The van der Waals surface area contributed by atoms with E-state index in [0.717, 1.165) is 31.2 Å². The van der Waals surface area contributed by atoms with Gasteiger partial charge < -0.3 is 0 Å². The zero-order chi connectivity index (χ0) is 17.4. The Morgan fingerprint density at radius 3 is 2.04 bits per heavy atom. The number of rotatable bonds is 10. The number of carbonyl (C=O) groups excluding carboxylic acids is 2. The first kappa shape index (κ1) is 19.6. The Morgan fingerprint density at radius 1 is 0.826 bits per heavy atom. The van der Waals surface area contributed by atoms with Crippen molar-refractivity contribution in [2.75, 3.05) is 0 Å². The van der Waals surface area contributed by atoms with Crippen LogP contribution in [0.15, 0.2) is 18.2 Å². The highest BCUT2D eigenvalue weighted by Gasteiger charge is 2.10. The average molecular weight is 316 g/mol. The van der Waals surface area contributed by atoms with Crippen LogP contribution in [0.1, 0.15) is 70.1 Å². The summed E-state index contributed by atoms with van der Waals surface area (Å²) in [5.74, 6) is 0.925. The molecule has 0 aliphatic rings. The Labute approximate surface area is 141 Å². The first-order valence-electron chi connectivity index (χ1n) is 8.94. The van der Waals surface area contributed by atoms with Gasteiger partial charge in [-0.25, -0.2) is 0 Å². The number of ketones is 2. The quantitative estimate of drug-likeness (QED) is 0.563. The van der Waals surface area contributed by atoms with Crippen molar-refractivity contribution in [3.05, 3.63) is 34.9 Å². The maximum Gasteiger partial charge on any atom is 0.139 e. The molecule has 0 aliphatic carbocycles. The van der Waals surface area contributed by atoms with Gasteiger partial charge in [-0.15, -0.1) is 0 Å². The van der Waals surface area contributed by atoms with Gasteiger partial charge >= 0.3 is 0 Å². The Balaban J connectivity index is 2.46. The van der Waals surface area contributed by atoms with Crippen LogP contribution in [-0.2, 0) is 22.4 Å². The average Bonchev–Trinajstić information content (AvgIpc) is 2.45. The molecule has 1 aromatic rings. The van der Waals surface area contributed by atoms with E-state index in [1.54, 1.807) is 0 Å². The van der Waals surface area contributed by atoms with Gasteiger partial charge in [-0.2, -0.15) is 0 Å². The van der Waals surface area contributed by atoms with Crippen molar-refractivity contribution in [3.8, 4) is 0 Å². The molecular weight excluding hydrogens is 284 g/mol. The zero-order valence-electron chi connectivity index (χ0n) is 15.4. The number of hydrogen-bond acceptors (Lipinski definition) is 2. The fourth-order valence-electron chi connectivity index (χ4n) is 2.69. The van der Waals surface area contributed by atoms with E-state index in [1.807, 2.05) is 27.7 Å². The van der Waals surface area contributed by atoms with Gasteiger partial charge in [0.05, 0.1) is 0 Å². The molecule has 0 N–H and O–H groups in total. The highest BCUT2D eigenvalue weighted by atomic mass is 16.1. The van der Waals surface area contributed by atoms with E-state index in [2.05, 4.69) is 25.1 Å². The Morgan fingerprint density at radius 2 is 1.43 bits per heavy atom. The Kier molecular flexibility index (Phi) is 8.22. The lowest BCUT2D eigenvalue weighted by atomic mass is 9.95. The van der Waals surface area contributed by atoms with E-state index >= 15 is 0 Å². The molecule has 0 amide bonds. The molecule has 0 saturated heterocycles. The van der Waals surface area contributed by atoms with Crippen LogP contribution in [0.4, 0.5) is 0 Å². The van der Waals surface area contributed by atoms with E-state index in [0.29, 0.717) is 24.4 Å². The van der Waals surface area contributed by atoms with Crippen LogP contribution >= 0.6 is 0 Å². The molecule has 1 rings (SSSR count). The van der Waals surface area contributed by atoms with Crippen molar-refractivity contribution in [1.29, 1.82) is 0 Å². The molecule has 0 heterocycles. The SMILES string of the molecule is Cc1cc(CCCCCC(=O)C(C)C)cc(CC(=O)C(C)C)c1. The molecule has 0 saturated carbocycles. The van der Waals surface area contributed by atoms with Gasteiger partial charge in [-0.3, -0.25) is 9.59 Å². The van der Waals surface area contributed by atoms with Crippen molar-refractivity contribution in [1.82, 2.24) is 0 Å². The van der Waals surface area contributed by atoms with Crippen molar-refractivity contribution in [3.63, 3.8) is 0 Å². The Bertz CT molecular complexity index is 527. The van der Waals surface area contributed by atoms with Gasteiger partial charge in [0.2, 0.25) is 0 Å². The van der Waals surface area contributed by atoms with E-state index in [9.17, 15) is 9.59 Å². The Hall–Kier alpha value is -1.44. The summed E-state index contributed by atoms with van der Waals surface area (Å²) < 4.78 is 0. The van der Waals surface area contributed by atoms with Gasteiger partial charge in [-0.05, 0) is 37.3 Å². The molecule has 0 aliphatic heterocycles. The second-order valence-corrected chi connectivity index (χ2v) is 7.31. The topological polar surface area (TPSA) is 34.1 Å². The summed E-state index contributed by atoms with van der Waals surface area (Å²) in [5, 5.41) is 0. The maximum absolute atomic E-state index is 11.9. The molecule has 128 valence electrons. The summed E-state index contributed by atoms with van der Waals surface area (Å²) in [6, 6.07) is 6.50. The molecule has 0 fully saturated rings. The lowest BCUT2D eigenvalue weighted by molar-refractivity contribution is -0.122. The fourth-order valence-corrected chi connectivity index (χ4v) is 2.69. The van der Waals surface area contributed by atoms with Gasteiger partial charge in [-0.1, -0.05) is 57.9 Å². The van der Waals surface area contributed by atoms with E-state index < -0.39 is 0 Å². The van der Waals surface area contributed by atoms with E-state index in [4.69, 9.17) is 0 Å². The molecule has 0 atom stereocenters. The second kappa shape index (κ2) is 9.64. The summed E-state index contributed by atoms with van der Waals surface area (Å²) in [6.45, 7) is 9.94. The summed E-state index contributed by atoms with van der Waals surface area (Å²) >= 11 is 0. The van der Waals surface area contributed by atoms with Gasteiger partial charge in [0.1, 0.15) is 11.6 Å². The fraction of sp³-hybridized carbons (Fsp3) is 0.619. The molecular formula is C21H32O2. The molecule has 0 spiro atoms. The largest absolute Gasteiger partial charge is 0.299 e. The molecule has 2 nitrogen and oxygen atoms in total. The molecule has 0 unspecified atom stereocenters. The number of benzene rings is 1. The summed E-state index contributed by atoms with van der Waals surface area (Å²) in [5.41, 5.74) is 3.67. The monoisotopic (exact) mass is 316 g/mol. The standard InChI is InChI=1S/C21H32O2/c1-15(2)20(22)10-8-6-7-9-18-11-17(5)12-19(13-18)14-21(23)16(3)4/h11-13,15-16H,6-10,14H2,1-5H3. The van der Waals surface area contributed by atoms with Gasteiger partial charge in [0, 0.05) is 24.7 Å². The van der Waals surface area contributed by atoms with Crippen LogP contribution in [0.5, 0.6) is 0 Å². The van der Waals surface area contributed by atoms with E-state index in [-0.39, 0.29) is 11.8 Å². The third-order valence-corrected chi connectivity index (χ3v) is 4.25. The van der Waals surface area contributed by atoms with Crippen LogP contribution in [0, 0.1) is 18.8 Å². The number of aryl methyl sites for hydroxylation is 2. The maximum atomic E-state index is 11.9. The third-order valence-electron chi connectivity index (χ3n) is 4.25. The summed E-state index contributed by atoms with van der Waals surface area (Å²) in [7, 11) is 0. The van der Waals surface area contributed by atoms with Crippen LogP contribution in [-0.4, -0.2) is 11.6 Å². The van der Waals surface area contributed by atoms with Crippen LogP contribution in [0.3, 0.4) is 0 Å². The molecule has 0 bridgehead atoms. The smallest absolute Gasteiger partial charge is 0.139 e.